The number of H-pyrrole nitrogens is 1. The highest BCUT2D eigenvalue weighted by atomic mass is 32.2. The van der Waals surface area contributed by atoms with Crippen molar-refractivity contribution in [3.63, 3.8) is 0 Å². The van der Waals surface area contributed by atoms with Crippen molar-refractivity contribution < 1.29 is 8.42 Å². The van der Waals surface area contributed by atoms with Crippen LogP contribution >= 0.6 is 0 Å². The molecule has 1 aromatic carbocycles. The molecule has 0 saturated carbocycles. The number of benzene rings is 1. The Morgan fingerprint density at radius 2 is 1.90 bits per heavy atom. The number of hydrogen-bond donors (Lipinski definition) is 1. The van der Waals surface area contributed by atoms with Crippen LogP contribution in [0.1, 0.15) is 6.92 Å². The van der Waals surface area contributed by atoms with Crippen molar-refractivity contribution in [2.45, 2.75) is 18.4 Å². The number of rotatable bonds is 3. The van der Waals surface area contributed by atoms with Gasteiger partial charge in [0.25, 0.3) is 0 Å². The van der Waals surface area contributed by atoms with Crippen molar-refractivity contribution in [2.75, 3.05) is 14.1 Å². The van der Waals surface area contributed by atoms with E-state index >= 15 is 0 Å². The lowest BCUT2D eigenvalue weighted by Gasteiger charge is -2.13. The fraction of sp³-hybridized carbons (Fsp3) is 0.333. The third-order valence-electron chi connectivity index (χ3n) is 3.04. The van der Waals surface area contributed by atoms with E-state index in [1.165, 1.54) is 36.9 Å². The van der Waals surface area contributed by atoms with Gasteiger partial charge >= 0.3 is 11.1 Å². The van der Waals surface area contributed by atoms with E-state index in [-0.39, 0.29) is 4.90 Å². The minimum absolute atomic E-state index is 0.0620. The molecule has 0 radical (unpaired) electrons. The van der Waals surface area contributed by atoms with Gasteiger partial charge in [-0.2, -0.15) is 0 Å². The largest absolute Gasteiger partial charge is 0.316 e. The lowest BCUT2D eigenvalue weighted by Crippen LogP contribution is -2.36. The molecule has 0 fully saturated rings. The lowest BCUT2D eigenvalue weighted by atomic mass is 10.3. The number of sulfonamides is 1. The molecule has 0 unspecified atom stereocenters. The van der Waals surface area contributed by atoms with Crippen molar-refractivity contribution >= 4 is 21.1 Å². The van der Waals surface area contributed by atoms with Crippen LogP contribution in [0.2, 0.25) is 0 Å². The number of aryl methyl sites for hydroxylation is 1. The molecular weight excluding hydrogens is 282 g/mol. The molecule has 0 atom stereocenters. The minimum Gasteiger partial charge on any atom is -0.316 e. The monoisotopic (exact) mass is 297 g/mol. The average molecular weight is 297 g/mol. The Kier molecular flexibility index (Phi) is 3.53. The van der Waals surface area contributed by atoms with Gasteiger partial charge in [0.1, 0.15) is 0 Å². The van der Waals surface area contributed by atoms with Gasteiger partial charge in [0.05, 0.1) is 15.9 Å². The van der Waals surface area contributed by atoms with Crippen molar-refractivity contribution in [2.24, 2.45) is 0 Å². The first-order chi connectivity index (χ1) is 9.28. The molecular formula is C12H15N3O4S. The Morgan fingerprint density at radius 1 is 1.25 bits per heavy atom. The van der Waals surface area contributed by atoms with E-state index in [9.17, 15) is 18.0 Å². The predicted octanol–water partition coefficient (Wildman–Crippen LogP) is -0.0400. The van der Waals surface area contributed by atoms with Crippen LogP contribution in [0.3, 0.4) is 0 Å². The van der Waals surface area contributed by atoms with Crippen LogP contribution < -0.4 is 11.1 Å². The SMILES string of the molecule is CCn1c(=O)c(=O)[nH]c2cc(S(=O)(=O)N(C)C)ccc21. The Balaban J connectivity index is 2.84. The summed E-state index contributed by atoms with van der Waals surface area (Å²) in [5.41, 5.74) is -0.601. The summed E-state index contributed by atoms with van der Waals surface area (Å²) in [6, 6.07) is 4.30. The number of nitrogens with one attached hydrogen (secondary N) is 1. The van der Waals surface area contributed by atoms with Crippen molar-refractivity contribution in [1.82, 2.24) is 13.9 Å². The van der Waals surface area contributed by atoms with Gasteiger partial charge in [-0.15, -0.1) is 0 Å². The number of hydrogen-bond acceptors (Lipinski definition) is 4. The van der Waals surface area contributed by atoms with Gasteiger partial charge in [-0.25, -0.2) is 12.7 Å². The molecule has 0 spiro atoms. The second kappa shape index (κ2) is 4.88. The molecule has 1 N–H and O–H groups in total. The van der Waals surface area contributed by atoms with Crippen LogP contribution in [0.5, 0.6) is 0 Å². The van der Waals surface area contributed by atoms with Gasteiger partial charge in [-0.05, 0) is 25.1 Å². The zero-order chi connectivity index (χ0) is 15.1. The van der Waals surface area contributed by atoms with E-state index in [0.29, 0.717) is 17.6 Å². The molecule has 0 saturated heterocycles. The maximum absolute atomic E-state index is 12.0. The first kappa shape index (κ1) is 14.5. The first-order valence-electron chi connectivity index (χ1n) is 5.98. The maximum atomic E-state index is 12.0. The van der Waals surface area contributed by atoms with E-state index in [4.69, 9.17) is 0 Å². The van der Waals surface area contributed by atoms with Gasteiger partial charge in [-0.1, -0.05) is 0 Å². The minimum atomic E-state index is -3.59. The highest BCUT2D eigenvalue weighted by Gasteiger charge is 2.18. The van der Waals surface area contributed by atoms with Gasteiger partial charge < -0.3 is 9.55 Å². The molecule has 0 aliphatic carbocycles. The third kappa shape index (κ3) is 2.16. The highest BCUT2D eigenvalue weighted by molar-refractivity contribution is 7.89. The fourth-order valence-electron chi connectivity index (χ4n) is 1.94. The second-order valence-corrected chi connectivity index (χ2v) is 6.62. The topological polar surface area (TPSA) is 92.2 Å². The summed E-state index contributed by atoms with van der Waals surface area (Å²) in [4.78, 5) is 25.7. The average Bonchev–Trinajstić information content (AvgIpc) is 2.39. The summed E-state index contributed by atoms with van der Waals surface area (Å²) < 4.78 is 26.5. The van der Waals surface area contributed by atoms with Crippen LogP contribution in [0.15, 0.2) is 32.7 Å². The van der Waals surface area contributed by atoms with Crippen molar-refractivity contribution in [1.29, 1.82) is 0 Å². The van der Waals surface area contributed by atoms with Gasteiger partial charge in [-0.3, -0.25) is 9.59 Å². The summed E-state index contributed by atoms with van der Waals surface area (Å²) >= 11 is 0. The number of aromatic amines is 1. The van der Waals surface area contributed by atoms with E-state index in [1.54, 1.807) is 6.92 Å². The predicted molar refractivity (Wildman–Crippen MR) is 75.4 cm³/mol. The number of nitrogens with zero attached hydrogens (tertiary/aromatic N) is 2. The Hall–Kier alpha value is -1.93. The third-order valence-corrected chi connectivity index (χ3v) is 4.85. The van der Waals surface area contributed by atoms with Crippen molar-refractivity contribution in [3.05, 3.63) is 38.9 Å². The Morgan fingerprint density at radius 3 is 2.45 bits per heavy atom. The standard InChI is InChI=1S/C12H15N3O4S/c1-4-15-10-6-5-8(20(18,19)14(2)3)7-9(10)13-11(16)12(15)17/h5-7H,4H2,1-3H3,(H,13,16). The molecule has 7 nitrogen and oxygen atoms in total. The Bertz CT molecular complexity index is 878. The van der Waals surface area contributed by atoms with Crippen LogP contribution in [-0.4, -0.2) is 36.4 Å². The van der Waals surface area contributed by atoms with E-state index in [2.05, 4.69) is 4.98 Å². The smallest absolute Gasteiger partial charge is 0.316 e. The number of fused-ring (bicyclic) bond motifs is 1. The van der Waals surface area contributed by atoms with Crippen LogP contribution in [0.25, 0.3) is 11.0 Å². The van der Waals surface area contributed by atoms with E-state index in [0.717, 1.165) is 4.31 Å². The van der Waals surface area contributed by atoms with Gasteiger partial charge in [0.2, 0.25) is 10.0 Å². The molecule has 0 amide bonds. The molecule has 1 heterocycles. The Labute approximate surface area is 115 Å². The maximum Gasteiger partial charge on any atom is 0.316 e. The summed E-state index contributed by atoms with van der Waals surface area (Å²) in [5, 5.41) is 0. The first-order valence-corrected chi connectivity index (χ1v) is 7.42. The lowest BCUT2D eigenvalue weighted by molar-refractivity contribution is 0.521. The van der Waals surface area contributed by atoms with Crippen LogP contribution in [0, 0.1) is 0 Å². The summed E-state index contributed by atoms with van der Waals surface area (Å²) in [7, 11) is -0.735. The van der Waals surface area contributed by atoms with E-state index < -0.39 is 21.1 Å². The fourth-order valence-corrected chi connectivity index (χ4v) is 2.87. The molecule has 2 aromatic rings. The second-order valence-electron chi connectivity index (χ2n) is 4.47. The summed E-state index contributed by atoms with van der Waals surface area (Å²) in [6.07, 6.45) is 0. The summed E-state index contributed by atoms with van der Waals surface area (Å²) in [5.74, 6) is 0. The zero-order valence-corrected chi connectivity index (χ0v) is 12.2. The molecule has 0 aliphatic heterocycles. The molecule has 20 heavy (non-hydrogen) atoms. The number of aromatic nitrogens is 2. The van der Waals surface area contributed by atoms with Crippen LogP contribution in [-0.2, 0) is 16.6 Å². The quantitative estimate of drug-likeness (QED) is 0.805. The zero-order valence-electron chi connectivity index (χ0n) is 11.4. The van der Waals surface area contributed by atoms with Crippen LogP contribution in [0.4, 0.5) is 0 Å². The van der Waals surface area contributed by atoms with E-state index in [1.807, 2.05) is 0 Å². The molecule has 2 rings (SSSR count). The van der Waals surface area contributed by atoms with Gasteiger partial charge in [0.15, 0.2) is 0 Å². The van der Waals surface area contributed by atoms with Gasteiger partial charge in [0, 0.05) is 20.6 Å². The molecule has 0 aliphatic rings. The molecule has 108 valence electrons. The molecule has 1 aromatic heterocycles. The molecule has 8 heteroatoms. The molecule has 0 bridgehead atoms. The van der Waals surface area contributed by atoms with Crippen molar-refractivity contribution in [3.8, 4) is 0 Å². The normalized spacial score (nSPS) is 12.2. The summed E-state index contributed by atoms with van der Waals surface area (Å²) in [6.45, 7) is 2.07. The highest BCUT2D eigenvalue weighted by Crippen LogP contribution is 2.18.